The smallest absolute Gasteiger partial charge is 0.255 e. The van der Waals surface area contributed by atoms with Crippen LogP contribution in [0, 0.1) is 0 Å². The van der Waals surface area contributed by atoms with Crippen LogP contribution in [0.3, 0.4) is 0 Å². The van der Waals surface area contributed by atoms with E-state index in [1.165, 1.54) is 30.3 Å². The van der Waals surface area contributed by atoms with Crippen LogP contribution in [0.5, 0.6) is 0 Å². The van der Waals surface area contributed by atoms with Crippen molar-refractivity contribution < 1.29 is 18.3 Å². The second kappa shape index (κ2) is 9.18. The summed E-state index contributed by atoms with van der Waals surface area (Å²) in [4.78, 5) is 12.3. The van der Waals surface area contributed by atoms with Gasteiger partial charge >= 0.3 is 0 Å². The number of rotatable bonds is 7. The summed E-state index contributed by atoms with van der Waals surface area (Å²) in [5.41, 5.74) is 2.76. The number of hydrogen-bond donors (Lipinski definition) is 3. The Bertz CT molecular complexity index is 1110. The third-order valence-electron chi connectivity index (χ3n) is 4.01. The minimum Gasteiger partial charge on any atom is -0.392 e. The minimum atomic E-state index is -3.68. The molecule has 0 aliphatic carbocycles. The summed E-state index contributed by atoms with van der Waals surface area (Å²) in [7, 11) is -3.68. The van der Waals surface area contributed by atoms with Gasteiger partial charge in [-0.25, -0.2) is 8.42 Å². The first-order chi connectivity index (χ1) is 13.9. The SMILES string of the molecule is O=C(Nc1cccc(CO)c1)c1ccc(NS(=O)(=O)/C=C/c2ccccc2)cc1. The molecular weight excluding hydrogens is 388 g/mol. The third kappa shape index (κ3) is 6.03. The number of aliphatic hydroxyl groups excluding tert-OH is 1. The zero-order valence-electron chi connectivity index (χ0n) is 15.4. The molecule has 29 heavy (non-hydrogen) atoms. The molecule has 0 atom stereocenters. The minimum absolute atomic E-state index is 0.114. The van der Waals surface area contributed by atoms with Gasteiger partial charge in [0, 0.05) is 16.9 Å². The standard InChI is InChI=1S/C22H20N2O4S/c25-16-18-7-4-8-21(15-18)23-22(26)19-9-11-20(12-10-19)24-29(27,28)14-13-17-5-2-1-3-6-17/h1-15,24-25H,16H2,(H,23,26)/b14-13+. The first kappa shape index (κ1) is 20.3. The first-order valence-corrected chi connectivity index (χ1v) is 10.4. The molecule has 3 aromatic carbocycles. The van der Waals surface area contributed by atoms with Crippen molar-refractivity contribution >= 4 is 33.4 Å². The van der Waals surface area contributed by atoms with Gasteiger partial charge in [0.1, 0.15) is 0 Å². The van der Waals surface area contributed by atoms with E-state index >= 15 is 0 Å². The number of aliphatic hydroxyl groups is 1. The topological polar surface area (TPSA) is 95.5 Å². The highest BCUT2D eigenvalue weighted by Gasteiger charge is 2.09. The fourth-order valence-electron chi connectivity index (χ4n) is 2.57. The first-order valence-electron chi connectivity index (χ1n) is 8.82. The molecule has 0 unspecified atom stereocenters. The number of anilines is 2. The van der Waals surface area contributed by atoms with Crippen LogP contribution in [0.25, 0.3) is 6.08 Å². The second-order valence-corrected chi connectivity index (χ2v) is 7.82. The van der Waals surface area contributed by atoms with Gasteiger partial charge in [-0.3, -0.25) is 9.52 Å². The van der Waals surface area contributed by atoms with E-state index in [0.717, 1.165) is 11.0 Å². The molecule has 0 aliphatic rings. The van der Waals surface area contributed by atoms with Gasteiger partial charge in [0.2, 0.25) is 0 Å². The van der Waals surface area contributed by atoms with Crippen molar-refractivity contribution in [1.82, 2.24) is 0 Å². The van der Waals surface area contributed by atoms with Gasteiger partial charge in [-0.2, -0.15) is 0 Å². The summed E-state index contributed by atoms with van der Waals surface area (Å²) in [5.74, 6) is -0.335. The molecule has 0 saturated heterocycles. The van der Waals surface area contributed by atoms with Crippen LogP contribution >= 0.6 is 0 Å². The molecule has 6 nitrogen and oxygen atoms in total. The lowest BCUT2D eigenvalue weighted by atomic mass is 10.1. The molecule has 0 aliphatic heterocycles. The number of benzene rings is 3. The molecule has 1 amide bonds. The lowest BCUT2D eigenvalue weighted by Gasteiger charge is -2.08. The Kier molecular flexibility index (Phi) is 6.43. The highest BCUT2D eigenvalue weighted by atomic mass is 32.2. The van der Waals surface area contributed by atoms with E-state index in [1.807, 2.05) is 18.2 Å². The summed E-state index contributed by atoms with van der Waals surface area (Å²) in [6.07, 6.45) is 1.50. The zero-order valence-corrected chi connectivity index (χ0v) is 16.3. The monoisotopic (exact) mass is 408 g/mol. The average Bonchev–Trinajstić information content (AvgIpc) is 2.73. The average molecular weight is 408 g/mol. The molecule has 0 aromatic heterocycles. The molecule has 0 bridgehead atoms. The molecule has 3 aromatic rings. The molecule has 0 fully saturated rings. The van der Waals surface area contributed by atoms with Gasteiger partial charge in [-0.05, 0) is 53.6 Å². The van der Waals surface area contributed by atoms with Crippen LogP contribution < -0.4 is 10.0 Å². The lowest BCUT2D eigenvalue weighted by molar-refractivity contribution is 0.102. The number of amides is 1. The predicted molar refractivity (Wildman–Crippen MR) is 115 cm³/mol. The van der Waals surface area contributed by atoms with Gasteiger partial charge in [0.25, 0.3) is 15.9 Å². The molecular formula is C22H20N2O4S. The summed E-state index contributed by atoms with van der Waals surface area (Å²) in [6.45, 7) is -0.114. The molecule has 0 saturated carbocycles. The fraction of sp³-hybridized carbons (Fsp3) is 0.0455. The Balaban J connectivity index is 1.64. The third-order valence-corrected chi connectivity index (χ3v) is 5.03. The van der Waals surface area contributed by atoms with E-state index in [2.05, 4.69) is 10.0 Å². The molecule has 0 heterocycles. The van der Waals surface area contributed by atoms with Crippen LogP contribution in [-0.2, 0) is 16.6 Å². The van der Waals surface area contributed by atoms with Crippen molar-refractivity contribution in [2.75, 3.05) is 10.0 Å². The molecule has 7 heteroatoms. The van der Waals surface area contributed by atoms with Gasteiger partial charge < -0.3 is 10.4 Å². The second-order valence-electron chi connectivity index (χ2n) is 6.25. The van der Waals surface area contributed by atoms with Crippen LogP contribution in [0.15, 0.2) is 84.3 Å². The highest BCUT2D eigenvalue weighted by molar-refractivity contribution is 7.95. The van der Waals surface area contributed by atoms with E-state index in [-0.39, 0.29) is 12.5 Å². The predicted octanol–water partition coefficient (Wildman–Crippen LogP) is 3.84. The van der Waals surface area contributed by atoms with E-state index < -0.39 is 10.0 Å². The van der Waals surface area contributed by atoms with Crippen molar-refractivity contribution in [1.29, 1.82) is 0 Å². The van der Waals surface area contributed by atoms with E-state index in [0.29, 0.717) is 22.5 Å². The molecule has 0 spiro atoms. The van der Waals surface area contributed by atoms with Crippen molar-refractivity contribution in [3.8, 4) is 0 Å². The maximum Gasteiger partial charge on any atom is 0.255 e. The Labute approximate surface area is 169 Å². The van der Waals surface area contributed by atoms with E-state index in [9.17, 15) is 13.2 Å². The normalized spacial score (nSPS) is 11.3. The number of carbonyl (C=O) groups is 1. The maximum atomic E-state index is 12.3. The van der Waals surface area contributed by atoms with Crippen LogP contribution in [-0.4, -0.2) is 19.4 Å². The summed E-state index contributed by atoms with van der Waals surface area (Å²) in [6, 6.07) is 22.1. The van der Waals surface area contributed by atoms with Crippen LogP contribution in [0.1, 0.15) is 21.5 Å². The summed E-state index contributed by atoms with van der Waals surface area (Å²) < 4.78 is 26.8. The number of sulfonamides is 1. The highest BCUT2D eigenvalue weighted by Crippen LogP contribution is 2.16. The van der Waals surface area contributed by atoms with Crippen LogP contribution in [0.2, 0.25) is 0 Å². The molecule has 148 valence electrons. The zero-order chi connectivity index (χ0) is 20.7. The number of hydrogen-bond acceptors (Lipinski definition) is 4. The van der Waals surface area contributed by atoms with Gasteiger partial charge in [0.05, 0.1) is 12.0 Å². The number of carbonyl (C=O) groups excluding carboxylic acids is 1. The Morgan fingerprint density at radius 2 is 1.62 bits per heavy atom. The molecule has 0 radical (unpaired) electrons. The quantitative estimate of drug-likeness (QED) is 0.553. The molecule has 3 N–H and O–H groups in total. The van der Waals surface area contributed by atoms with Crippen molar-refractivity contribution in [2.24, 2.45) is 0 Å². The van der Waals surface area contributed by atoms with Gasteiger partial charge in [-0.1, -0.05) is 42.5 Å². The van der Waals surface area contributed by atoms with E-state index in [4.69, 9.17) is 5.11 Å². The number of nitrogens with one attached hydrogen (secondary N) is 2. The van der Waals surface area contributed by atoms with Gasteiger partial charge in [-0.15, -0.1) is 0 Å². The van der Waals surface area contributed by atoms with Crippen molar-refractivity contribution in [2.45, 2.75) is 6.61 Å². The van der Waals surface area contributed by atoms with Crippen molar-refractivity contribution in [3.63, 3.8) is 0 Å². The van der Waals surface area contributed by atoms with Crippen LogP contribution in [0.4, 0.5) is 11.4 Å². The Morgan fingerprint density at radius 3 is 2.31 bits per heavy atom. The van der Waals surface area contributed by atoms with Gasteiger partial charge in [0.15, 0.2) is 0 Å². The lowest BCUT2D eigenvalue weighted by Crippen LogP contribution is -2.13. The van der Waals surface area contributed by atoms with Crippen molar-refractivity contribution in [3.05, 3.63) is 101 Å². The van der Waals surface area contributed by atoms with E-state index in [1.54, 1.807) is 36.4 Å². The summed E-state index contributed by atoms with van der Waals surface area (Å²) in [5, 5.41) is 13.0. The Hall–Kier alpha value is -3.42. The largest absolute Gasteiger partial charge is 0.392 e. The fourth-order valence-corrected chi connectivity index (χ4v) is 3.44. The maximum absolute atomic E-state index is 12.3. The Morgan fingerprint density at radius 1 is 0.897 bits per heavy atom. The molecule has 3 rings (SSSR count). The summed E-state index contributed by atoms with van der Waals surface area (Å²) >= 11 is 0.